The van der Waals surface area contributed by atoms with Gasteiger partial charge in [0.2, 0.25) is 21.9 Å². The van der Waals surface area contributed by atoms with Gasteiger partial charge in [0, 0.05) is 16.8 Å². The summed E-state index contributed by atoms with van der Waals surface area (Å²) in [5.74, 6) is 0.978. The number of nitrogen functional groups attached to an aromatic ring is 1. The Kier molecular flexibility index (Phi) is 6.15. The van der Waals surface area contributed by atoms with E-state index in [0.29, 0.717) is 28.8 Å². The molecule has 0 fully saturated rings. The fourth-order valence-electron chi connectivity index (χ4n) is 4.65. The Morgan fingerprint density at radius 2 is 1.77 bits per heavy atom. The number of aromatic nitrogens is 6. The van der Waals surface area contributed by atoms with Crippen molar-refractivity contribution in [3.8, 4) is 28.3 Å². The fraction of sp³-hybridized carbons (Fsp3) is 0.148. The third kappa shape index (κ3) is 5.27. The summed E-state index contributed by atoms with van der Waals surface area (Å²) < 4.78 is 27.0. The Hall–Kier alpha value is -4.84. The molecule has 0 spiro atoms. The zero-order valence-corrected chi connectivity index (χ0v) is 21.9. The smallest absolute Gasteiger partial charge is 0.248 e. The molecule has 1 aliphatic carbocycles. The Morgan fingerprint density at radius 1 is 0.923 bits per heavy atom. The molecular formula is C27H25N9O2S. The van der Waals surface area contributed by atoms with Gasteiger partial charge in [-0.2, -0.15) is 9.67 Å². The standard InChI is InChI=1S/C27H25N9O2S/c1-39(37,38)35-20-10-5-8-18(14-20)23-13-12-21(16-29-23)30-27-31-26(28)36(34-27)24-15-19-9-4-7-17-6-2-3-11-22(17)25(19)33-32-24/h2-3,5-6,8,10-16,35H,4,7,9H2,1H3,(H3,28,30,31,34). The highest BCUT2D eigenvalue weighted by Crippen LogP contribution is 2.31. The van der Waals surface area contributed by atoms with Crippen LogP contribution in [0.5, 0.6) is 0 Å². The first kappa shape index (κ1) is 24.5. The van der Waals surface area contributed by atoms with E-state index in [-0.39, 0.29) is 5.95 Å². The molecule has 0 aliphatic heterocycles. The first-order valence-corrected chi connectivity index (χ1v) is 14.2. The summed E-state index contributed by atoms with van der Waals surface area (Å²) in [5.41, 5.74) is 13.2. The monoisotopic (exact) mass is 539 g/mol. The molecule has 4 N–H and O–H groups in total. The zero-order chi connectivity index (χ0) is 27.0. The summed E-state index contributed by atoms with van der Waals surface area (Å²) in [6, 6.07) is 20.9. The molecule has 2 aromatic carbocycles. The largest absolute Gasteiger partial charge is 0.368 e. The minimum Gasteiger partial charge on any atom is -0.368 e. The summed E-state index contributed by atoms with van der Waals surface area (Å²) in [5, 5.41) is 16.5. The predicted molar refractivity (Wildman–Crippen MR) is 150 cm³/mol. The van der Waals surface area contributed by atoms with Gasteiger partial charge in [0.1, 0.15) is 0 Å². The molecule has 0 saturated heterocycles. The second-order valence-electron chi connectivity index (χ2n) is 9.30. The SMILES string of the molecule is CS(=O)(=O)Nc1cccc(-c2ccc(Nc3nc(N)n(-c4cc5c(nn4)-c4ccccc4CCC5)n3)cn2)c1. The van der Waals surface area contributed by atoms with Crippen LogP contribution in [0, 0.1) is 0 Å². The van der Waals surface area contributed by atoms with Crippen molar-refractivity contribution >= 4 is 33.3 Å². The molecule has 0 saturated carbocycles. The summed E-state index contributed by atoms with van der Waals surface area (Å²) in [6.07, 6.45) is 5.66. The van der Waals surface area contributed by atoms with Crippen molar-refractivity contribution in [2.75, 3.05) is 22.0 Å². The lowest BCUT2D eigenvalue weighted by molar-refractivity contribution is 0.607. The molecule has 0 unspecified atom stereocenters. The summed E-state index contributed by atoms with van der Waals surface area (Å²) in [7, 11) is -3.37. The van der Waals surface area contributed by atoms with Crippen molar-refractivity contribution in [2.24, 2.45) is 0 Å². The van der Waals surface area contributed by atoms with Crippen molar-refractivity contribution in [1.29, 1.82) is 0 Å². The lowest BCUT2D eigenvalue weighted by Gasteiger charge is -2.09. The number of nitrogens with two attached hydrogens (primary N) is 1. The van der Waals surface area contributed by atoms with Crippen molar-refractivity contribution < 1.29 is 8.42 Å². The van der Waals surface area contributed by atoms with Gasteiger partial charge in [-0.25, -0.2) is 8.42 Å². The number of hydrogen-bond acceptors (Lipinski definition) is 9. The van der Waals surface area contributed by atoms with Gasteiger partial charge in [0.05, 0.1) is 29.5 Å². The number of hydrogen-bond donors (Lipinski definition) is 3. The van der Waals surface area contributed by atoms with E-state index in [9.17, 15) is 8.42 Å². The van der Waals surface area contributed by atoms with Crippen LogP contribution < -0.4 is 15.8 Å². The van der Waals surface area contributed by atoms with Crippen LogP contribution in [0.15, 0.2) is 72.9 Å². The number of sulfonamides is 1. The van der Waals surface area contributed by atoms with E-state index in [2.05, 4.69) is 53.5 Å². The molecule has 3 heterocycles. The number of nitrogens with zero attached hydrogens (tertiary/aromatic N) is 6. The van der Waals surface area contributed by atoms with Crippen LogP contribution in [0.1, 0.15) is 17.5 Å². The molecule has 12 heteroatoms. The average Bonchev–Trinajstić information content (AvgIpc) is 3.17. The van der Waals surface area contributed by atoms with E-state index in [1.54, 1.807) is 24.4 Å². The number of benzene rings is 2. The van der Waals surface area contributed by atoms with Crippen LogP contribution in [0.4, 0.5) is 23.3 Å². The Morgan fingerprint density at radius 3 is 2.59 bits per heavy atom. The molecular weight excluding hydrogens is 514 g/mol. The van der Waals surface area contributed by atoms with Crippen molar-refractivity contribution in [1.82, 2.24) is 29.9 Å². The first-order valence-electron chi connectivity index (χ1n) is 12.3. The second-order valence-corrected chi connectivity index (χ2v) is 11.1. The maximum atomic E-state index is 11.5. The highest BCUT2D eigenvalue weighted by Gasteiger charge is 2.19. The van der Waals surface area contributed by atoms with Crippen LogP contribution in [0.3, 0.4) is 0 Å². The number of rotatable bonds is 6. The van der Waals surface area contributed by atoms with Crippen molar-refractivity contribution in [3.05, 3.63) is 84.1 Å². The molecule has 39 heavy (non-hydrogen) atoms. The molecule has 196 valence electrons. The highest BCUT2D eigenvalue weighted by atomic mass is 32.2. The molecule has 5 aromatic rings. The minimum atomic E-state index is -3.37. The molecule has 0 amide bonds. The van der Waals surface area contributed by atoms with E-state index in [4.69, 9.17) is 5.73 Å². The molecule has 6 rings (SSSR count). The van der Waals surface area contributed by atoms with Crippen molar-refractivity contribution in [3.63, 3.8) is 0 Å². The Balaban J connectivity index is 1.21. The molecule has 1 aliphatic rings. The lowest BCUT2D eigenvalue weighted by atomic mass is 10.0. The molecule has 11 nitrogen and oxygen atoms in total. The van der Waals surface area contributed by atoms with Gasteiger partial charge in [-0.1, -0.05) is 36.4 Å². The van der Waals surface area contributed by atoms with E-state index in [0.717, 1.165) is 47.9 Å². The molecule has 0 bridgehead atoms. The van der Waals surface area contributed by atoms with E-state index in [1.165, 1.54) is 10.2 Å². The molecule has 3 aromatic heterocycles. The van der Waals surface area contributed by atoms with E-state index < -0.39 is 10.0 Å². The number of fused-ring (bicyclic) bond motifs is 3. The Labute approximate surface area is 225 Å². The molecule has 0 atom stereocenters. The quantitative estimate of drug-likeness (QED) is 0.291. The van der Waals surface area contributed by atoms with Gasteiger partial charge in [0.15, 0.2) is 5.82 Å². The second kappa shape index (κ2) is 9.80. The van der Waals surface area contributed by atoms with Gasteiger partial charge in [-0.15, -0.1) is 15.3 Å². The third-order valence-electron chi connectivity index (χ3n) is 6.36. The fourth-order valence-corrected chi connectivity index (χ4v) is 5.20. The van der Waals surface area contributed by atoms with Crippen LogP contribution in [-0.2, 0) is 22.9 Å². The lowest BCUT2D eigenvalue weighted by Crippen LogP contribution is -2.09. The highest BCUT2D eigenvalue weighted by molar-refractivity contribution is 7.92. The third-order valence-corrected chi connectivity index (χ3v) is 6.96. The van der Waals surface area contributed by atoms with Crippen LogP contribution in [0.25, 0.3) is 28.3 Å². The first-order chi connectivity index (χ1) is 18.8. The zero-order valence-electron chi connectivity index (χ0n) is 21.0. The van der Waals surface area contributed by atoms with Gasteiger partial charge in [0.25, 0.3) is 0 Å². The number of pyridine rings is 1. The van der Waals surface area contributed by atoms with E-state index in [1.807, 2.05) is 30.3 Å². The number of aryl methyl sites for hydroxylation is 2. The molecule has 0 radical (unpaired) electrons. The number of anilines is 4. The van der Waals surface area contributed by atoms with Crippen LogP contribution in [0.2, 0.25) is 0 Å². The van der Waals surface area contributed by atoms with Gasteiger partial charge in [-0.3, -0.25) is 9.71 Å². The average molecular weight is 540 g/mol. The minimum absolute atomic E-state index is 0.181. The van der Waals surface area contributed by atoms with Gasteiger partial charge in [-0.05, 0) is 60.7 Å². The van der Waals surface area contributed by atoms with Crippen LogP contribution in [-0.4, -0.2) is 44.6 Å². The Bertz CT molecular complexity index is 1780. The summed E-state index contributed by atoms with van der Waals surface area (Å²) >= 11 is 0. The van der Waals surface area contributed by atoms with Crippen molar-refractivity contribution in [2.45, 2.75) is 19.3 Å². The normalized spacial score (nSPS) is 12.7. The van der Waals surface area contributed by atoms with E-state index >= 15 is 0 Å². The predicted octanol–water partition coefficient (Wildman–Crippen LogP) is 3.97. The maximum Gasteiger partial charge on any atom is 0.248 e. The number of nitrogens with one attached hydrogen (secondary N) is 2. The van der Waals surface area contributed by atoms with Gasteiger partial charge < -0.3 is 11.1 Å². The summed E-state index contributed by atoms with van der Waals surface area (Å²) in [6.45, 7) is 0. The van der Waals surface area contributed by atoms with Gasteiger partial charge >= 0.3 is 0 Å². The van der Waals surface area contributed by atoms with Crippen LogP contribution >= 0.6 is 0 Å². The summed E-state index contributed by atoms with van der Waals surface area (Å²) in [4.78, 5) is 8.82. The topological polar surface area (TPSA) is 154 Å². The maximum absolute atomic E-state index is 11.5.